The first-order valence-corrected chi connectivity index (χ1v) is 16.1. The third kappa shape index (κ3) is 4.58. The number of phosphoric ester groups is 1. The summed E-state index contributed by atoms with van der Waals surface area (Å²) >= 11 is 0. The standard InChI is InChI=1S/C21H23FN11O10PS/c22-9-12-8(40-19(9)32-6-29-10-15(23)25-4-27-17(10)32)1-31-45(36,37)43-14-13-20(33-7-30-11-16(24)26-5-28-18(11)33)41-21(14,2-38-13)3-39-44(34,35)42-12/h4-9,12-14,19-20,31H,1-3H2,(H,34,35)(H2,23,25,27)(H2,24,26,28)/p-1/t8-,9-,12-,13-,14+,19-,20-,21-/m1/s1. The Kier molecular flexibility index (Phi) is 6.42. The molecule has 8 rings (SSSR count). The highest BCUT2D eigenvalue weighted by Gasteiger charge is 2.65. The Hall–Kier alpha value is -3.51. The Balaban J connectivity index is 1.10. The van der Waals surface area contributed by atoms with Crippen LogP contribution < -0.4 is 21.1 Å². The maximum absolute atomic E-state index is 15.9. The minimum Gasteiger partial charge on any atom is -0.756 e. The van der Waals surface area contributed by atoms with Gasteiger partial charge in [0.15, 0.2) is 41.6 Å². The molecule has 4 fully saturated rings. The number of nitrogens with zero attached hydrogens (tertiary/aromatic N) is 8. The first kappa shape index (κ1) is 28.9. The Morgan fingerprint density at radius 1 is 0.978 bits per heavy atom. The van der Waals surface area contributed by atoms with Crippen LogP contribution in [0, 0.1) is 0 Å². The third-order valence-corrected chi connectivity index (χ3v) is 9.90. The molecular weight excluding hydrogens is 648 g/mol. The summed E-state index contributed by atoms with van der Waals surface area (Å²) < 4.78 is 93.9. The summed E-state index contributed by atoms with van der Waals surface area (Å²) in [6.07, 6.45) is -5.84. The number of phosphoric acid groups is 1. The molecule has 1 unspecified atom stereocenters. The molecule has 2 bridgehead atoms. The van der Waals surface area contributed by atoms with Crippen molar-refractivity contribution in [2.75, 3.05) is 31.2 Å². The van der Waals surface area contributed by atoms with Crippen molar-refractivity contribution in [1.29, 1.82) is 0 Å². The number of nitrogens with one attached hydrogen (secondary N) is 1. The van der Waals surface area contributed by atoms with Crippen LogP contribution in [0.4, 0.5) is 16.0 Å². The zero-order chi connectivity index (χ0) is 31.3. The molecule has 24 heteroatoms. The number of anilines is 2. The van der Waals surface area contributed by atoms with Crippen LogP contribution in [0.25, 0.3) is 22.3 Å². The Labute approximate surface area is 250 Å². The van der Waals surface area contributed by atoms with Crippen molar-refractivity contribution in [3.8, 4) is 0 Å². The molecular formula is C21H22FN11O10PS-. The van der Waals surface area contributed by atoms with E-state index in [4.69, 9.17) is 38.9 Å². The summed E-state index contributed by atoms with van der Waals surface area (Å²) in [6.45, 7) is -1.79. The fourth-order valence-corrected chi connectivity index (χ4v) is 7.89. The van der Waals surface area contributed by atoms with Crippen LogP contribution in [-0.2, 0) is 42.3 Å². The van der Waals surface area contributed by atoms with Gasteiger partial charge in [-0.25, -0.2) is 38.5 Å². The average Bonchev–Trinajstić information content (AvgIpc) is 3.80. The minimum absolute atomic E-state index is 0.0172. The summed E-state index contributed by atoms with van der Waals surface area (Å²) in [5, 5.41) is 0. The molecule has 0 aliphatic carbocycles. The van der Waals surface area contributed by atoms with Crippen LogP contribution in [-0.4, -0.2) is 103 Å². The quantitative estimate of drug-likeness (QED) is 0.191. The predicted octanol–water partition coefficient (Wildman–Crippen LogP) is -2.16. The molecule has 0 spiro atoms. The lowest BCUT2D eigenvalue weighted by atomic mass is 10.0. The van der Waals surface area contributed by atoms with Crippen LogP contribution in [0.5, 0.6) is 0 Å². The van der Waals surface area contributed by atoms with Gasteiger partial charge in [0, 0.05) is 6.54 Å². The maximum Gasteiger partial charge on any atom is 0.336 e. The number of hydrogen-bond donors (Lipinski definition) is 3. The number of rotatable bonds is 2. The van der Waals surface area contributed by atoms with Gasteiger partial charge in [-0.2, -0.15) is 13.1 Å². The Morgan fingerprint density at radius 2 is 1.62 bits per heavy atom. The molecule has 240 valence electrons. The van der Waals surface area contributed by atoms with E-state index in [-0.39, 0.29) is 40.6 Å². The molecule has 9 atom stereocenters. The van der Waals surface area contributed by atoms with Gasteiger partial charge in [0.05, 0.1) is 25.9 Å². The fourth-order valence-electron chi connectivity index (χ4n) is 5.91. The van der Waals surface area contributed by atoms with Gasteiger partial charge in [-0.15, -0.1) is 0 Å². The van der Waals surface area contributed by atoms with Crippen LogP contribution >= 0.6 is 7.82 Å². The van der Waals surface area contributed by atoms with E-state index < -0.39 is 79.9 Å². The van der Waals surface area contributed by atoms with E-state index in [1.165, 1.54) is 28.1 Å². The van der Waals surface area contributed by atoms with Crippen molar-refractivity contribution in [2.24, 2.45) is 0 Å². The number of aromatic nitrogens is 8. The van der Waals surface area contributed by atoms with Crippen LogP contribution in [0.3, 0.4) is 0 Å². The second-order valence-electron chi connectivity index (χ2n) is 10.6. The first-order chi connectivity index (χ1) is 21.5. The van der Waals surface area contributed by atoms with E-state index in [0.717, 1.165) is 6.33 Å². The topological polar surface area (TPSA) is 281 Å². The Morgan fingerprint density at radius 3 is 2.29 bits per heavy atom. The average molecular weight is 671 g/mol. The summed E-state index contributed by atoms with van der Waals surface area (Å²) in [6, 6.07) is 0. The third-order valence-electron chi connectivity index (χ3n) is 7.97. The van der Waals surface area contributed by atoms with Crippen molar-refractivity contribution in [2.45, 2.75) is 48.6 Å². The van der Waals surface area contributed by atoms with Crippen molar-refractivity contribution in [3.05, 3.63) is 25.3 Å². The second-order valence-corrected chi connectivity index (χ2v) is 13.4. The number of imidazole rings is 2. The predicted molar refractivity (Wildman–Crippen MR) is 141 cm³/mol. The van der Waals surface area contributed by atoms with Crippen LogP contribution in [0.1, 0.15) is 12.5 Å². The van der Waals surface area contributed by atoms with Crippen molar-refractivity contribution < 1.29 is 49.7 Å². The van der Waals surface area contributed by atoms with Gasteiger partial charge in [-0.3, -0.25) is 13.7 Å². The summed E-state index contributed by atoms with van der Waals surface area (Å²) in [5.74, 6) is 0.103. The lowest BCUT2D eigenvalue weighted by Crippen LogP contribution is -2.50. The molecule has 0 radical (unpaired) electrons. The van der Waals surface area contributed by atoms with Crippen LogP contribution in [0.2, 0.25) is 0 Å². The number of hydrogen-bond acceptors (Lipinski definition) is 18. The molecule has 0 saturated carbocycles. The number of ether oxygens (including phenoxy) is 3. The normalized spacial score (nSPS) is 38.1. The van der Waals surface area contributed by atoms with E-state index in [9.17, 15) is 17.9 Å². The number of nitrogen functional groups attached to an aromatic ring is 2. The number of halogens is 1. The molecule has 4 saturated heterocycles. The first-order valence-electron chi connectivity index (χ1n) is 13.2. The molecule has 45 heavy (non-hydrogen) atoms. The van der Waals surface area contributed by atoms with Gasteiger partial charge in [0.1, 0.15) is 53.7 Å². The molecule has 5 N–H and O–H groups in total. The number of fused-ring (bicyclic) bond motifs is 3. The van der Waals surface area contributed by atoms with E-state index in [1.807, 2.05) is 0 Å². The van der Waals surface area contributed by atoms with Crippen molar-refractivity contribution >= 4 is 52.1 Å². The second kappa shape index (κ2) is 9.99. The lowest BCUT2D eigenvalue weighted by molar-refractivity contribution is -0.243. The zero-order valence-corrected chi connectivity index (χ0v) is 24.2. The minimum atomic E-state index is -5.31. The zero-order valence-electron chi connectivity index (χ0n) is 22.5. The number of alkyl halides is 1. The SMILES string of the molecule is Nc1ncnc2c1ncn2[C@@H]1O[C@@H]2CNS(=O)(=O)O[C@H]3[C@H]4OC[C@]3(COP(=O)([O-])O[C@H]2[C@H]1F)O[C@H]4n1cnc2c(N)ncnc21. The number of nitrogens with two attached hydrogens (primary N) is 2. The van der Waals surface area contributed by atoms with Gasteiger partial charge in [0.25, 0.3) is 7.82 Å². The smallest absolute Gasteiger partial charge is 0.336 e. The van der Waals surface area contributed by atoms with E-state index in [2.05, 4.69) is 34.6 Å². The Bertz CT molecular complexity index is 1980. The summed E-state index contributed by atoms with van der Waals surface area (Å²) in [5.41, 5.74) is 10.6. The van der Waals surface area contributed by atoms with Gasteiger partial charge in [0.2, 0.25) is 0 Å². The van der Waals surface area contributed by atoms with Gasteiger partial charge < -0.3 is 39.6 Å². The van der Waals surface area contributed by atoms with Gasteiger partial charge >= 0.3 is 10.3 Å². The molecule has 8 heterocycles. The monoisotopic (exact) mass is 670 g/mol. The van der Waals surface area contributed by atoms with E-state index >= 15 is 4.39 Å². The highest BCUT2D eigenvalue weighted by molar-refractivity contribution is 7.84. The molecule has 4 aromatic rings. The molecule has 21 nitrogen and oxygen atoms in total. The maximum atomic E-state index is 15.9. The summed E-state index contributed by atoms with van der Waals surface area (Å²) in [7, 11) is -9.95. The molecule has 4 aromatic heterocycles. The molecule has 4 aliphatic heterocycles. The van der Waals surface area contributed by atoms with E-state index in [1.54, 1.807) is 0 Å². The molecule has 0 aromatic carbocycles. The highest BCUT2D eigenvalue weighted by Crippen LogP contribution is 2.52. The van der Waals surface area contributed by atoms with E-state index in [0.29, 0.717) is 0 Å². The summed E-state index contributed by atoms with van der Waals surface area (Å²) in [4.78, 5) is 37.3. The van der Waals surface area contributed by atoms with Crippen LogP contribution in [0.15, 0.2) is 25.3 Å². The van der Waals surface area contributed by atoms with Gasteiger partial charge in [-0.05, 0) is 0 Å². The molecule has 4 aliphatic rings. The highest BCUT2D eigenvalue weighted by atomic mass is 32.2. The largest absolute Gasteiger partial charge is 0.756 e. The molecule has 0 amide bonds. The van der Waals surface area contributed by atoms with Crippen molar-refractivity contribution in [3.63, 3.8) is 0 Å². The lowest BCUT2D eigenvalue weighted by Gasteiger charge is -2.35. The fraction of sp³-hybridized carbons (Fsp3) is 0.524. The van der Waals surface area contributed by atoms with Crippen molar-refractivity contribution in [1.82, 2.24) is 43.8 Å². The van der Waals surface area contributed by atoms with Gasteiger partial charge in [-0.1, -0.05) is 0 Å².